The van der Waals surface area contributed by atoms with Crippen LogP contribution in [-0.4, -0.2) is 31.5 Å². The van der Waals surface area contributed by atoms with E-state index in [1.165, 1.54) is 11.3 Å². The normalized spacial score (nSPS) is 11.1. The molecule has 3 N–H and O–H groups in total. The van der Waals surface area contributed by atoms with Gasteiger partial charge in [-0.3, -0.25) is 4.99 Å². The van der Waals surface area contributed by atoms with E-state index in [1.54, 1.807) is 25.5 Å². The van der Waals surface area contributed by atoms with E-state index in [0.29, 0.717) is 19.6 Å². The maximum absolute atomic E-state index is 5.90. The quantitative estimate of drug-likeness (QED) is 0.381. The van der Waals surface area contributed by atoms with Gasteiger partial charge < -0.3 is 15.8 Å². The van der Waals surface area contributed by atoms with Crippen LogP contribution in [0.15, 0.2) is 21.8 Å². The Morgan fingerprint density at radius 3 is 3.05 bits per heavy atom. The first-order valence-electron chi connectivity index (χ1n) is 6.70. The fourth-order valence-corrected chi connectivity index (χ4v) is 3.10. The number of thiazole rings is 1. The number of rotatable bonds is 5. The van der Waals surface area contributed by atoms with Crippen LogP contribution in [0.25, 0.3) is 0 Å². The van der Waals surface area contributed by atoms with Crippen LogP contribution in [0.1, 0.15) is 22.7 Å². The van der Waals surface area contributed by atoms with Crippen molar-refractivity contribution in [1.82, 2.24) is 10.3 Å². The van der Waals surface area contributed by atoms with Gasteiger partial charge in [-0.1, -0.05) is 5.92 Å². The molecule has 2 rings (SSSR count). The van der Waals surface area contributed by atoms with Gasteiger partial charge in [-0.25, -0.2) is 4.98 Å². The van der Waals surface area contributed by atoms with Crippen LogP contribution in [0.2, 0.25) is 0 Å². The summed E-state index contributed by atoms with van der Waals surface area (Å²) in [5, 5.41) is 8.87. The molecule has 2 heterocycles. The monoisotopic (exact) mass is 334 g/mol. The molecular formula is C15H18N4OS2. The lowest BCUT2D eigenvalue weighted by Gasteiger charge is -2.06. The number of thiophene rings is 1. The Kier molecular flexibility index (Phi) is 6.40. The lowest BCUT2D eigenvalue weighted by Crippen LogP contribution is -2.25. The van der Waals surface area contributed by atoms with Crippen LogP contribution in [0, 0.1) is 11.8 Å². The van der Waals surface area contributed by atoms with Gasteiger partial charge in [0.1, 0.15) is 16.5 Å². The molecule has 2 aromatic rings. The van der Waals surface area contributed by atoms with Gasteiger partial charge in [0.25, 0.3) is 0 Å². The number of nitrogens with zero attached hydrogens (tertiary/aromatic N) is 2. The summed E-state index contributed by atoms with van der Waals surface area (Å²) in [6, 6.07) is 1.97. The molecule has 0 aliphatic carbocycles. The molecule has 0 aliphatic heterocycles. The maximum Gasteiger partial charge on any atom is 0.131 e. The van der Waals surface area contributed by atoms with E-state index in [1.807, 2.05) is 16.8 Å². The Balaban J connectivity index is 1.81. The smallest absolute Gasteiger partial charge is 0.131 e. The number of aliphatic imine (C=N–C) groups is 1. The minimum absolute atomic E-state index is 0.534. The second-order valence-corrected chi connectivity index (χ2v) is 6.20. The Morgan fingerprint density at radius 1 is 1.50 bits per heavy atom. The molecule has 5 nitrogen and oxygen atoms in total. The van der Waals surface area contributed by atoms with Gasteiger partial charge in [-0.2, -0.15) is 0 Å². The molecule has 0 aliphatic rings. The molecular weight excluding hydrogens is 316 g/mol. The third-order valence-corrected chi connectivity index (χ3v) is 4.32. The third kappa shape index (κ3) is 4.56. The molecule has 0 saturated carbocycles. The summed E-state index contributed by atoms with van der Waals surface area (Å²) in [7, 11) is 3.41. The number of ether oxygens (including phenoxy) is 1. The van der Waals surface area contributed by atoms with Crippen molar-refractivity contribution in [2.75, 3.05) is 26.4 Å². The van der Waals surface area contributed by atoms with E-state index in [0.717, 1.165) is 27.1 Å². The van der Waals surface area contributed by atoms with E-state index in [2.05, 4.69) is 27.1 Å². The molecule has 0 saturated heterocycles. The molecule has 0 amide bonds. The number of nitrogen functional groups attached to an aromatic ring is 1. The molecule has 0 fully saturated rings. The summed E-state index contributed by atoms with van der Waals surface area (Å²) >= 11 is 3.07. The molecule has 0 spiro atoms. The first kappa shape index (κ1) is 16.5. The first-order valence-corrected chi connectivity index (χ1v) is 8.46. The molecule has 0 bridgehead atoms. The number of hydrogen-bond acceptors (Lipinski definition) is 6. The van der Waals surface area contributed by atoms with E-state index in [4.69, 9.17) is 10.5 Å². The first-order chi connectivity index (χ1) is 10.7. The van der Waals surface area contributed by atoms with Gasteiger partial charge in [-0.05, 0) is 17.4 Å². The number of hydrogen-bond donors (Lipinski definition) is 2. The fraction of sp³-hybridized carbons (Fsp3) is 0.333. The van der Waals surface area contributed by atoms with Crippen molar-refractivity contribution in [3.63, 3.8) is 0 Å². The highest BCUT2D eigenvalue weighted by Crippen LogP contribution is 2.18. The van der Waals surface area contributed by atoms with Gasteiger partial charge >= 0.3 is 0 Å². The van der Waals surface area contributed by atoms with Crippen molar-refractivity contribution < 1.29 is 4.74 Å². The number of methoxy groups -OCH3 is 1. The number of nitrogens with two attached hydrogens (primary N) is 1. The van der Waals surface area contributed by atoms with Gasteiger partial charge in [0, 0.05) is 32.5 Å². The zero-order valence-electron chi connectivity index (χ0n) is 12.5. The van der Waals surface area contributed by atoms with Crippen LogP contribution in [-0.2, 0) is 11.3 Å². The predicted molar refractivity (Wildman–Crippen MR) is 93.5 cm³/mol. The van der Waals surface area contributed by atoms with Gasteiger partial charge in [0.15, 0.2) is 0 Å². The van der Waals surface area contributed by atoms with Crippen LogP contribution < -0.4 is 11.1 Å². The highest BCUT2D eigenvalue weighted by atomic mass is 32.1. The van der Waals surface area contributed by atoms with E-state index < -0.39 is 0 Å². The molecule has 22 heavy (non-hydrogen) atoms. The fourth-order valence-electron chi connectivity index (χ4n) is 1.77. The Labute approximate surface area is 138 Å². The number of amidine groups is 1. The molecule has 116 valence electrons. The molecule has 0 radical (unpaired) electrons. The summed E-state index contributed by atoms with van der Waals surface area (Å²) in [5.74, 6) is 6.96. The lowest BCUT2D eigenvalue weighted by atomic mass is 10.3. The number of anilines is 1. The Hall–Kier alpha value is -1.88. The SMILES string of the molecule is CN=C(NCCC#Cc1csc(COC)n1)c1ccsc1N. The minimum Gasteiger partial charge on any atom is -0.390 e. The largest absolute Gasteiger partial charge is 0.390 e. The minimum atomic E-state index is 0.534. The van der Waals surface area contributed by atoms with Gasteiger partial charge in [-0.15, -0.1) is 22.7 Å². The summed E-state index contributed by atoms with van der Waals surface area (Å²) in [6.45, 7) is 1.25. The molecule has 0 unspecified atom stereocenters. The van der Waals surface area contributed by atoms with Crippen LogP contribution in [0.4, 0.5) is 5.00 Å². The van der Waals surface area contributed by atoms with Crippen molar-refractivity contribution in [3.8, 4) is 11.8 Å². The molecule has 0 aromatic carbocycles. The lowest BCUT2D eigenvalue weighted by molar-refractivity contribution is 0.184. The Morgan fingerprint density at radius 2 is 2.36 bits per heavy atom. The molecule has 7 heteroatoms. The summed E-state index contributed by atoms with van der Waals surface area (Å²) in [5.41, 5.74) is 7.65. The van der Waals surface area contributed by atoms with E-state index in [9.17, 15) is 0 Å². The van der Waals surface area contributed by atoms with E-state index in [-0.39, 0.29) is 0 Å². The van der Waals surface area contributed by atoms with Crippen LogP contribution in [0.3, 0.4) is 0 Å². The number of nitrogens with one attached hydrogen (secondary N) is 1. The van der Waals surface area contributed by atoms with Gasteiger partial charge in [0.2, 0.25) is 0 Å². The van der Waals surface area contributed by atoms with Crippen molar-refractivity contribution in [3.05, 3.63) is 33.1 Å². The summed E-state index contributed by atoms with van der Waals surface area (Å²) in [4.78, 5) is 8.59. The average Bonchev–Trinajstić information content (AvgIpc) is 3.13. The van der Waals surface area contributed by atoms with E-state index >= 15 is 0 Å². The zero-order valence-corrected chi connectivity index (χ0v) is 14.2. The zero-order chi connectivity index (χ0) is 15.8. The highest BCUT2D eigenvalue weighted by molar-refractivity contribution is 7.14. The standard InChI is InChI=1S/C15H18N4OS2/c1-17-15(12-6-8-21-14(12)16)18-7-4-3-5-11-10-22-13(19-11)9-20-2/h6,8,10H,4,7,9,16H2,1-2H3,(H,17,18). The van der Waals surface area contributed by atoms with Crippen LogP contribution >= 0.6 is 22.7 Å². The topological polar surface area (TPSA) is 72.5 Å². The summed E-state index contributed by atoms with van der Waals surface area (Å²) in [6.07, 6.45) is 0.709. The second-order valence-electron chi connectivity index (χ2n) is 4.31. The van der Waals surface area contributed by atoms with Gasteiger partial charge in [0.05, 0.1) is 17.2 Å². The third-order valence-electron chi connectivity index (χ3n) is 2.75. The number of aromatic nitrogens is 1. The van der Waals surface area contributed by atoms with Crippen molar-refractivity contribution in [1.29, 1.82) is 0 Å². The molecule has 0 atom stereocenters. The second kappa shape index (κ2) is 8.54. The van der Waals surface area contributed by atoms with Crippen LogP contribution in [0.5, 0.6) is 0 Å². The Bertz CT molecular complexity index is 694. The average molecular weight is 334 g/mol. The van der Waals surface area contributed by atoms with Crippen molar-refractivity contribution >= 4 is 33.5 Å². The summed E-state index contributed by atoms with van der Waals surface area (Å²) < 4.78 is 5.04. The molecule has 2 aromatic heterocycles. The van der Waals surface area contributed by atoms with Crippen molar-refractivity contribution in [2.24, 2.45) is 4.99 Å². The predicted octanol–water partition coefficient (Wildman–Crippen LogP) is 2.34. The maximum atomic E-state index is 5.90. The van der Waals surface area contributed by atoms with Crippen molar-refractivity contribution in [2.45, 2.75) is 13.0 Å². The highest BCUT2D eigenvalue weighted by Gasteiger charge is 2.06.